The molecule has 0 aliphatic rings. The maximum absolute atomic E-state index is 10.7. The van der Waals surface area contributed by atoms with Crippen LogP contribution in [0.25, 0.3) is 9.40 Å². The molecule has 0 amide bonds. The van der Waals surface area contributed by atoms with Gasteiger partial charge in [0.1, 0.15) is 12.2 Å². The highest BCUT2D eigenvalue weighted by atomic mass is 79.9. The number of hydrogen-bond acceptors (Lipinski definition) is 6. The lowest BCUT2D eigenvalue weighted by atomic mass is 10.1. The van der Waals surface area contributed by atoms with Gasteiger partial charge in [0, 0.05) is 64.0 Å². The molecular formula is C18H12Br2N2O2S2. The van der Waals surface area contributed by atoms with Crippen molar-refractivity contribution in [1.29, 1.82) is 0 Å². The topological polar surface area (TPSA) is 66.2 Å². The average molecular weight is 512 g/mol. The highest BCUT2D eigenvalue weighted by molar-refractivity contribution is 9.10. The predicted molar refractivity (Wildman–Crippen MR) is 112 cm³/mol. The molecule has 2 atom stereocenters. The van der Waals surface area contributed by atoms with Crippen molar-refractivity contribution in [2.45, 2.75) is 12.2 Å². The van der Waals surface area contributed by atoms with Gasteiger partial charge in [-0.15, -0.1) is 22.7 Å². The molecule has 0 aromatic carbocycles. The fourth-order valence-electron chi connectivity index (χ4n) is 2.66. The van der Waals surface area contributed by atoms with Gasteiger partial charge in [-0.2, -0.15) is 0 Å². The highest BCUT2D eigenvalue weighted by Crippen LogP contribution is 2.42. The summed E-state index contributed by atoms with van der Waals surface area (Å²) >= 11 is 9.93. The molecule has 4 aromatic heterocycles. The van der Waals surface area contributed by atoms with E-state index >= 15 is 0 Å². The van der Waals surface area contributed by atoms with Crippen LogP contribution in [0.5, 0.6) is 0 Å². The minimum absolute atomic E-state index is 0.709. The molecule has 0 fully saturated rings. The van der Waals surface area contributed by atoms with Crippen molar-refractivity contribution >= 4 is 63.9 Å². The van der Waals surface area contributed by atoms with Gasteiger partial charge in [0.05, 0.1) is 0 Å². The lowest BCUT2D eigenvalue weighted by Gasteiger charge is -2.11. The predicted octanol–water partition coefficient (Wildman–Crippen LogP) is 5.44. The molecule has 2 N–H and O–H groups in total. The van der Waals surface area contributed by atoms with Crippen molar-refractivity contribution in [2.75, 3.05) is 0 Å². The molecule has 4 heterocycles. The van der Waals surface area contributed by atoms with Crippen LogP contribution < -0.4 is 0 Å². The molecule has 0 bridgehead atoms. The van der Waals surface area contributed by atoms with Crippen molar-refractivity contribution in [2.24, 2.45) is 0 Å². The Morgan fingerprint density at radius 1 is 0.769 bits per heavy atom. The standard InChI is InChI=1S/C18H12Br2N2O2S2/c19-11-7-21-3-1-9(11)17(23)15-5-13-14(25-15)6-16(26-13)18(24)10-2-4-22-8-12(10)20/h1-8,17-18,23-24H. The van der Waals surface area contributed by atoms with E-state index in [1.807, 2.05) is 12.1 Å². The summed E-state index contributed by atoms with van der Waals surface area (Å²) in [4.78, 5) is 9.79. The molecule has 0 saturated carbocycles. The van der Waals surface area contributed by atoms with E-state index in [4.69, 9.17) is 0 Å². The quantitative estimate of drug-likeness (QED) is 0.382. The summed E-state index contributed by atoms with van der Waals surface area (Å²) in [6.45, 7) is 0. The minimum atomic E-state index is -0.709. The highest BCUT2D eigenvalue weighted by Gasteiger charge is 2.20. The summed E-state index contributed by atoms with van der Waals surface area (Å²) < 4.78 is 3.66. The number of nitrogens with zero attached hydrogens (tertiary/aromatic N) is 2. The van der Waals surface area contributed by atoms with Gasteiger partial charge in [-0.1, -0.05) is 0 Å². The third-order valence-corrected chi connectivity index (χ3v) is 7.70. The van der Waals surface area contributed by atoms with Crippen molar-refractivity contribution in [3.8, 4) is 0 Å². The number of hydrogen-bond donors (Lipinski definition) is 2. The number of thiophene rings is 2. The second kappa shape index (κ2) is 7.46. The zero-order chi connectivity index (χ0) is 18.3. The Morgan fingerprint density at radius 3 is 1.58 bits per heavy atom. The average Bonchev–Trinajstić information content (AvgIpc) is 3.20. The van der Waals surface area contributed by atoms with Gasteiger partial charge < -0.3 is 10.2 Å². The Balaban J connectivity index is 1.66. The van der Waals surface area contributed by atoms with Crippen LogP contribution in [-0.4, -0.2) is 20.2 Å². The second-order valence-electron chi connectivity index (χ2n) is 5.63. The van der Waals surface area contributed by atoms with Gasteiger partial charge >= 0.3 is 0 Å². The molecule has 0 spiro atoms. The molecule has 2 unspecified atom stereocenters. The summed E-state index contributed by atoms with van der Waals surface area (Å²) in [5.74, 6) is 0. The zero-order valence-corrected chi connectivity index (χ0v) is 17.9. The van der Waals surface area contributed by atoms with Crippen LogP contribution in [0.2, 0.25) is 0 Å². The number of halogens is 2. The van der Waals surface area contributed by atoms with Gasteiger partial charge in [0.25, 0.3) is 0 Å². The van der Waals surface area contributed by atoms with Crippen molar-refractivity contribution < 1.29 is 10.2 Å². The Hall–Kier alpha value is -1.16. The Kier molecular flexibility index (Phi) is 5.22. The van der Waals surface area contributed by atoms with Gasteiger partial charge in [-0.3, -0.25) is 9.97 Å². The molecule has 4 nitrogen and oxygen atoms in total. The van der Waals surface area contributed by atoms with Crippen LogP contribution in [0.15, 0.2) is 58.0 Å². The molecular weight excluding hydrogens is 500 g/mol. The molecule has 26 heavy (non-hydrogen) atoms. The maximum atomic E-state index is 10.7. The SMILES string of the molecule is OC(c1cc2sc(C(O)c3ccncc3Br)cc2s1)c1ccncc1Br. The lowest BCUT2D eigenvalue weighted by Crippen LogP contribution is -1.99. The van der Waals surface area contributed by atoms with E-state index in [2.05, 4.69) is 41.8 Å². The minimum Gasteiger partial charge on any atom is -0.383 e. The van der Waals surface area contributed by atoms with Crippen LogP contribution >= 0.6 is 54.5 Å². The maximum Gasteiger partial charge on any atom is 0.114 e. The smallest absolute Gasteiger partial charge is 0.114 e. The van der Waals surface area contributed by atoms with Crippen LogP contribution in [-0.2, 0) is 0 Å². The Labute approximate surface area is 174 Å². The van der Waals surface area contributed by atoms with E-state index in [0.717, 1.165) is 39.2 Å². The van der Waals surface area contributed by atoms with Crippen molar-refractivity contribution in [1.82, 2.24) is 9.97 Å². The van der Waals surface area contributed by atoms with Crippen LogP contribution in [0.3, 0.4) is 0 Å². The van der Waals surface area contributed by atoms with Crippen LogP contribution in [0.1, 0.15) is 33.1 Å². The summed E-state index contributed by atoms with van der Waals surface area (Å²) in [6, 6.07) is 7.58. The summed E-state index contributed by atoms with van der Waals surface area (Å²) in [6.07, 6.45) is 5.27. The molecule has 132 valence electrons. The third-order valence-electron chi connectivity index (χ3n) is 3.98. The Bertz CT molecular complexity index is 967. The monoisotopic (exact) mass is 510 g/mol. The van der Waals surface area contributed by atoms with Gasteiger partial charge in [-0.05, 0) is 56.1 Å². The van der Waals surface area contributed by atoms with E-state index in [-0.39, 0.29) is 0 Å². The van der Waals surface area contributed by atoms with E-state index < -0.39 is 12.2 Å². The van der Waals surface area contributed by atoms with Crippen molar-refractivity contribution in [3.63, 3.8) is 0 Å². The number of fused-ring (bicyclic) bond motifs is 1. The molecule has 8 heteroatoms. The van der Waals surface area contributed by atoms with Gasteiger partial charge in [-0.25, -0.2) is 0 Å². The van der Waals surface area contributed by atoms with E-state index in [0.29, 0.717) is 0 Å². The number of pyridine rings is 2. The zero-order valence-electron chi connectivity index (χ0n) is 13.1. The number of aliphatic hydroxyl groups excluding tert-OH is 2. The Morgan fingerprint density at radius 2 is 1.19 bits per heavy atom. The van der Waals surface area contributed by atoms with Gasteiger partial charge in [0.15, 0.2) is 0 Å². The van der Waals surface area contributed by atoms with E-state index in [1.54, 1.807) is 36.9 Å². The number of aromatic nitrogens is 2. The number of rotatable bonds is 4. The molecule has 4 aromatic rings. The molecule has 4 rings (SSSR count). The largest absolute Gasteiger partial charge is 0.383 e. The summed E-state index contributed by atoms with van der Waals surface area (Å²) in [5, 5.41) is 21.4. The molecule has 0 aliphatic carbocycles. The molecule has 0 aliphatic heterocycles. The molecule has 0 radical (unpaired) electrons. The first-order valence-corrected chi connectivity index (χ1v) is 10.8. The first-order valence-electron chi connectivity index (χ1n) is 7.62. The number of aliphatic hydroxyl groups is 2. The first kappa shape index (κ1) is 18.2. The fraction of sp³-hybridized carbons (Fsp3) is 0.111. The lowest BCUT2D eigenvalue weighted by molar-refractivity contribution is 0.223. The van der Waals surface area contributed by atoms with Crippen LogP contribution in [0.4, 0.5) is 0 Å². The normalized spacial score (nSPS) is 13.8. The third kappa shape index (κ3) is 3.37. The van der Waals surface area contributed by atoms with Crippen molar-refractivity contribution in [3.05, 3.63) is 78.9 Å². The summed E-state index contributed by atoms with van der Waals surface area (Å²) in [7, 11) is 0. The van der Waals surface area contributed by atoms with Gasteiger partial charge in [0.2, 0.25) is 0 Å². The van der Waals surface area contributed by atoms with E-state index in [9.17, 15) is 10.2 Å². The molecule has 0 saturated heterocycles. The first-order chi connectivity index (χ1) is 12.5. The van der Waals surface area contributed by atoms with E-state index in [1.165, 1.54) is 22.7 Å². The summed E-state index contributed by atoms with van der Waals surface area (Å²) in [5.41, 5.74) is 1.57. The fourth-order valence-corrected chi connectivity index (χ4v) is 6.03. The van der Waals surface area contributed by atoms with Crippen LogP contribution in [0, 0.1) is 0 Å². The second-order valence-corrected chi connectivity index (χ2v) is 9.56.